The summed E-state index contributed by atoms with van der Waals surface area (Å²) in [4.78, 5) is 16.8. The Morgan fingerprint density at radius 3 is 2.54 bits per heavy atom. The van der Waals surface area contributed by atoms with Gasteiger partial charge in [0.15, 0.2) is 0 Å². The molecule has 0 spiro atoms. The molecule has 1 heterocycles. The second-order valence-electron chi connectivity index (χ2n) is 6.51. The van der Waals surface area contributed by atoms with Crippen LogP contribution in [0.25, 0.3) is 0 Å². The van der Waals surface area contributed by atoms with E-state index in [-0.39, 0.29) is 11.7 Å². The summed E-state index contributed by atoms with van der Waals surface area (Å²) < 4.78 is 26.6. The van der Waals surface area contributed by atoms with Gasteiger partial charge in [-0.3, -0.25) is 9.69 Å². The van der Waals surface area contributed by atoms with Gasteiger partial charge in [-0.2, -0.15) is 0 Å². The van der Waals surface area contributed by atoms with Crippen LogP contribution in [0.3, 0.4) is 0 Å². The first-order chi connectivity index (χ1) is 12.5. The smallest absolute Gasteiger partial charge is 0.233 e. The number of thioether (sulfide) groups is 1. The fourth-order valence-electron chi connectivity index (χ4n) is 3.05. The molecule has 0 aliphatic carbocycles. The molecule has 0 radical (unpaired) electrons. The molecule has 1 amide bonds. The minimum absolute atomic E-state index is 0.00562. The molecule has 138 valence electrons. The van der Waals surface area contributed by atoms with E-state index in [1.54, 1.807) is 0 Å². The van der Waals surface area contributed by atoms with Gasteiger partial charge in [-0.05, 0) is 24.6 Å². The Kier molecular flexibility index (Phi) is 6.27. The Morgan fingerprint density at radius 1 is 1.08 bits per heavy atom. The maximum absolute atomic E-state index is 13.6. The number of hydrogen-bond donors (Lipinski definition) is 0. The Labute approximate surface area is 157 Å². The molecule has 0 atom stereocenters. The zero-order chi connectivity index (χ0) is 18.5. The molecular weight excluding hydrogens is 354 g/mol. The normalized spacial score (nSPS) is 15.3. The third kappa shape index (κ3) is 5.05. The fraction of sp³-hybridized carbons (Fsp3) is 0.350. The van der Waals surface area contributed by atoms with Gasteiger partial charge in [0.2, 0.25) is 5.91 Å². The second-order valence-corrected chi connectivity index (χ2v) is 7.53. The summed E-state index contributed by atoms with van der Waals surface area (Å²) >= 11 is 1.12. The van der Waals surface area contributed by atoms with Gasteiger partial charge in [0.1, 0.15) is 11.6 Å². The van der Waals surface area contributed by atoms with Crippen LogP contribution < -0.4 is 0 Å². The van der Waals surface area contributed by atoms with Crippen molar-refractivity contribution in [2.75, 3.05) is 31.9 Å². The molecule has 2 aromatic rings. The van der Waals surface area contributed by atoms with Gasteiger partial charge < -0.3 is 4.90 Å². The molecular formula is C20H22F2N2OS. The molecule has 0 bridgehead atoms. The molecule has 3 nitrogen and oxygen atoms in total. The predicted molar refractivity (Wildman–Crippen MR) is 100 cm³/mol. The van der Waals surface area contributed by atoms with Crippen LogP contribution in [-0.4, -0.2) is 47.6 Å². The van der Waals surface area contributed by atoms with E-state index in [0.717, 1.165) is 37.5 Å². The van der Waals surface area contributed by atoms with Gasteiger partial charge in [-0.25, -0.2) is 8.78 Å². The quantitative estimate of drug-likeness (QED) is 0.744. The van der Waals surface area contributed by atoms with E-state index in [1.807, 2.05) is 4.90 Å². The fourth-order valence-corrected chi connectivity index (χ4v) is 3.87. The summed E-state index contributed by atoms with van der Waals surface area (Å²) in [7, 11) is 0. The first-order valence-electron chi connectivity index (χ1n) is 8.65. The number of hydrogen-bond acceptors (Lipinski definition) is 3. The lowest BCUT2D eigenvalue weighted by Crippen LogP contribution is -2.48. The van der Waals surface area contributed by atoms with E-state index in [9.17, 15) is 13.6 Å². The van der Waals surface area contributed by atoms with Crippen molar-refractivity contribution in [2.24, 2.45) is 0 Å². The number of halogens is 2. The average molecular weight is 376 g/mol. The van der Waals surface area contributed by atoms with Crippen LogP contribution in [0, 0.1) is 18.6 Å². The van der Waals surface area contributed by atoms with Gasteiger partial charge in [0.25, 0.3) is 0 Å². The number of piperazine rings is 1. The van der Waals surface area contributed by atoms with E-state index >= 15 is 0 Å². The van der Waals surface area contributed by atoms with Crippen molar-refractivity contribution < 1.29 is 13.6 Å². The highest BCUT2D eigenvalue weighted by molar-refractivity contribution is 8.00. The maximum Gasteiger partial charge on any atom is 0.233 e. The molecule has 0 unspecified atom stereocenters. The van der Waals surface area contributed by atoms with Gasteiger partial charge in [0.05, 0.1) is 5.75 Å². The molecule has 2 aromatic carbocycles. The first kappa shape index (κ1) is 18.9. The summed E-state index contributed by atoms with van der Waals surface area (Å²) in [5, 5.41) is 0. The number of benzene rings is 2. The molecule has 6 heteroatoms. The lowest BCUT2D eigenvalue weighted by Gasteiger charge is -2.34. The van der Waals surface area contributed by atoms with Gasteiger partial charge in [-0.1, -0.05) is 29.8 Å². The second kappa shape index (κ2) is 8.64. The van der Waals surface area contributed by atoms with Crippen molar-refractivity contribution in [2.45, 2.75) is 18.4 Å². The Hall–Kier alpha value is -1.92. The lowest BCUT2D eigenvalue weighted by atomic mass is 10.1. The lowest BCUT2D eigenvalue weighted by molar-refractivity contribution is -0.130. The SMILES string of the molecule is Cc1cccc(CN2CCN(C(=O)CSc3ccc(F)cc3F)CC2)c1. The van der Waals surface area contributed by atoms with Crippen LogP contribution >= 0.6 is 11.8 Å². The topological polar surface area (TPSA) is 23.6 Å². The average Bonchev–Trinajstić information content (AvgIpc) is 2.61. The molecule has 1 saturated heterocycles. The standard InChI is InChI=1S/C20H22F2N2OS/c1-15-3-2-4-16(11-15)13-23-7-9-24(10-8-23)20(25)14-26-19-6-5-17(21)12-18(19)22/h2-6,11-12H,7-10,13-14H2,1H3. The van der Waals surface area contributed by atoms with Crippen LogP contribution in [0.2, 0.25) is 0 Å². The third-order valence-corrected chi connectivity index (χ3v) is 5.49. The maximum atomic E-state index is 13.6. The summed E-state index contributed by atoms with van der Waals surface area (Å²) in [6.07, 6.45) is 0. The van der Waals surface area contributed by atoms with E-state index in [0.29, 0.717) is 18.0 Å². The molecule has 0 saturated carbocycles. The molecule has 3 rings (SSSR count). The van der Waals surface area contributed by atoms with Gasteiger partial charge in [-0.15, -0.1) is 11.8 Å². The summed E-state index contributed by atoms with van der Waals surface area (Å²) in [6.45, 7) is 5.99. The van der Waals surface area contributed by atoms with Gasteiger partial charge >= 0.3 is 0 Å². The van der Waals surface area contributed by atoms with E-state index < -0.39 is 11.6 Å². The minimum Gasteiger partial charge on any atom is -0.339 e. The Balaban J connectivity index is 1.46. The summed E-state index contributed by atoms with van der Waals surface area (Å²) in [5.74, 6) is -1.07. The minimum atomic E-state index is -0.620. The highest BCUT2D eigenvalue weighted by Gasteiger charge is 2.21. The number of carbonyl (C=O) groups excluding carboxylic acids is 1. The van der Waals surface area contributed by atoms with Crippen LogP contribution in [0.5, 0.6) is 0 Å². The van der Waals surface area contributed by atoms with Gasteiger partial charge in [0, 0.05) is 43.7 Å². The molecule has 1 aliphatic rings. The molecule has 0 N–H and O–H groups in total. The van der Waals surface area contributed by atoms with E-state index in [1.165, 1.54) is 23.3 Å². The molecule has 0 aromatic heterocycles. The summed E-state index contributed by atoms with van der Waals surface area (Å²) in [6, 6.07) is 11.9. The molecule has 1 aliphatic heterocycles. The predicted octanol–water partition coefficient (Wildman–Crippen LogP) is 3.71. The largest absolute Gasteiger partial charge is 0.339 e. The van der Waals surface area contributed by atoms with Crippen LogP contribution in [-0.2, 0) is 11.3 Å². The summed E-state index contributed by atoms with van der Waals surface area (Å²) in [5.41, 5.74) is 2.54. The monoisotopic (exact) mass is 376 g/mol. The van der Waals surface area contributed by atoms with E-state index in [2.05, 4.69) is 36.1 Å². The number of amides is 1. The van der Waals surface area contributed by atoms with Crippen molar-refractivity contribution in [1.29, 1.82) is 0 Å². The van der Waals surface area contributed by atoms with Crippen molar-refractivity contribution in [3.05, 3.63) is 65.2 Å². The number of aryl methyl sites for hydroxylation is 1. The number of carbonyl (C=O) groups is 1. The highest BCUT2D eigenvalue weighted by atomic mass is 32.2. The number of rotatable bonds is 5. The first-order valence-corrected chi connectivity index (χ1v) is 9.63. The van der Waals surface area contributed by atoms with Crippen molar-refractivity contribution in [3.8, 4) is 0 Å². The van der Waals surface area contributed by atoms with Crippen molar-refractivity contribution in [3.63, 3.8) is 0 Å². The van der Waals surface area contributed by atoms with E-state index in [4.69, 9.17) is 0 Å². The Bertz CT molecular complexity index is 776. The zero-order valence-electron chi connectivity index (χ0n) is 14.8. The van der Waals surface area contributed by atoms with Crippen LogP contribution in [0.4, 0.5) is 8.78 Å². The highest BCUT2D eigenvalue weighted by Crippen LogP contribution is 2.23. The zero-order valence-corrected chi connectivity index (χ0v) is 15.6. The van der Waals surface area contributed by atoms with Crippen molar-refractivity contribution >= 4 is 17.7 Å². The molecule has 26 heavy (non-hydrogen) atoms. The number of nitrogens with zero attached hydrogens (tertiary/aromatic N) is 2. The molecule has 1 fully saturated rings. The van der Waals surface area contributed by atoms with Crippen LogP contribution in [0.1, 0.15) is 11.1 Å². The third-order valence-electron chi connectivity index (χ3n) is 4.46. The Morgan fingerprint density at radius 2 is 1.85 bits per heavy atom. The van der Waals surface area contributed by atoms with Crippen molar-refractivity contribution in [1.82, 2.24) is 9.80 Å². The van der Waals surface area contributed by atoms with Crippen LogP contribution in [0.15, 0.2) is 47.4 Å².